The molecule has 0 saturated heterocycles. The van der Waals surface area contributed by atoms with Crippen molar-refractivity contribution in [3.63, 3.8) is 0 Å². The molecule has 1 heterocycles. The number of nitrogens with two attached hydrogens (primary N) is 1. The van der Waals surface area contributed by atoms with Crippen LogP contribution in [0.25, 0.3) is 16.9 Å². The largest absolute Gasteiger partial charge is 0.364 e. The first-order valence-electron chi connectivity index (χ1n) is 10.4. The summed E-state index contributed by atoms with van der Waals surface area (Å²) in [6.07, 6.45) is 1.21. The fraction of sp³-hybridized carbons (Fsp3) is 0.0800. The van der Waals surface area contributed by atoms with E-state index in [0.717, 1.165) is 11.1 Å². The second-order valence-electron chi connectivity index (χ2n) is 7.86. The number of primary amides is 1. The Kier molecular flexibility index (Phi) is 5.59. The lowest BCUT2D eigenvalue weighted by molar-refractivity contribution is 0.0992. The highest BCUT2D eigenvalue weighted by molar-refractivity contribution is 6.44. The molecule has 1 aliphatic carbocycles. The number of nitrogens with one attached hydrogen (secondary N) is 1. The number of rotatable bonds is 4. The van der Waals surface area contributed by atoms with Crippen LogP contribution in [0.3, 0.4) is 0 Å². The van der Waals surface area contributed by atoms with Crippen molar-refractivity contribution in [2.24, 2.45) is 5.73 Å². The number of amides is 2. The lowest BCUT2D eigenvalue weighted by atomic mass is 9.88. The molecule has 9 heteroatoms. The molecular weight excluding hydrogens is 478 g/mol. The highest BCUT2D eigenvalue weighted by Gasteiger charge is 2.28. The Morgan fingerprint density at radius 2 is 1.82 bits per heavy atom. The molecule has 3 aromatic carbocycles. The lowest BCUT2D eigenvalue weighted by Crippen LogP contribution is -2.16. The minimum atomic E-state index is -0.657. The maximum absolute atomic E-state index is 14.0. The van der Waals surface area contributed by atoms with Crippen LogP contribution in [-0.2, 0) is 12.8 Å². The molecule has 0 atom stereocenters. The third-order valence-electron chi connectivity index (χ3n) is 5.73. The van der Waals surface area contributed by atoms with Crippen molar-refractivity contribution in [2.75, 3.05) is 5.32 Å². The zero-order chi connectivity index (χ0) is 24.0. The third-order valence-corrected chi connectivity index (χ3v) is 6.55. The lowest BCUT2D eigenvalue weighted by Gasteiger charge is -2.20. The molecule has 4 aromatic rings. The van der Waals surface area contributed by atoms with Gasteiger partial charge in [-0.15, -0.1) is 0 Å². The van der Waals surface area contributed by atoms with Crippen molar-refractivity contribution in [3.8, 4) is 16.9 Å². The summed E-state index contributed by atoms with van der Waals surface area (Å²) in [5.74, 6) is -1.51. The normalized spacial score (nSPS) is 12.1. The Hall–Kier alpha value is -3.68. The number of aromatic nitrogens is 2. The molecule has 1 aliphatic rings. The van der Waals surface area contributed by atoms with Crippen LogP contribution in [0.5, 0.6) is 0 Å². The zero-order valence-corrected chi connectivity index (χ0v) is 19.1. The van der Waals surface area contributed by atoms with Crippen LogP contribution in [0.2, 0.25) is 10.0 Å². The van der Waals surface area contributed by atoms with Gasteiger partial charge in [0.2, 0.25) is 0 Å². The minimum Gasteiger partial charge on any atom is -0.364 e. The molecule has 0 aliphatic heterocycles. The van der Waals surface area contributed by atoms with Crippen molar-refractivity contribution < 1.29 is 14.0 Å². The summed E-state index contributed by atoms with van der Waals surface area (Å²) in [5, 5.41) is 7.70. The zero-order valence-electron chi connectivity index (χ0n) is 17.6. The first kappa shape index (κ1) is 22.1. The van der Waals surface area contributed by atoms with Gasteiger partial charge in [0.1, 0.15) is 5.82 Å². The monoisotopic (exact) mass is 494 g/mol. The smallest absolute Gasteiger partial charge is 0.269 e. The number of carbonyl (C=O) groups excluding carboxylic acids is 2. The van der Waals surface area contributed by atoms with Gasteiger partial charge in [0.25, 0.3) is 11.8 Å². The van der Waals surface area contributed by atoms with E-state index in [-0.39, 0.29) is 21.3 Å². The number of nitrogens with zero attached hydrogens (tertiary/aromatic N) is 2. The number of anilines is 1. The quantitative estimate of drug-likeness (QED) is 0.396. The van der Waals surface area contributed by atoms with E-state index >= 15 is 0 Å². The molecule has 5 rings (SSSR count). The van der Waals surface area contributed by atoms with E-state index in [9.17, 15) is 14.0 Å². The molecule has 6 nitrogen and oxygen atoms in total. The number of benzene rings is 3. The van der Waals surface area contributed by atoms with Crippen LogP contribution in [0.4, 0.5) is 10.1 Å². The average molecular weight is 495 g/mol. The van der Waals surface area contributed by atoms with Gasteiger partial charge in [0.05, 0.1) is 27.0 Å². The highest BCUT2D eigenvalue weighted by atomic mass is 35.5. The number of fused-ring (bicyclic) bond motifs is 3. The van der Waals surface area contributed by atoms with Crippen molar-refractivity contribution in [1.29, 1.82) is 0 Å². The molecule has 1 aromatic heterocycles. The van der Waals surface area contributed by atoms with Gasteiger partial charge in [0, 0.05) is 16.8 Å². The van der Waals surface area contributed by atoms with Crippen LogP contribution in [0.15, 0.2) is 60.7 Å². The summed E-state index contributed by atoms with van der Waals surface area (Å²) in [7, 11) is 0. The second-order valence-corrected chi connectivity index (χ2v) is 8.64. The topological polar surface area (TPSA) is 90.0 Å². The van der Waals surface area contributed by atoms with Gasteiger partial charge in [-0.2, -0.15) is 5.10 Å². The van der Waals surface area contributed by atoms with Crippen LogP contribution in [0, 0.1) is 5.82 Å². The second kappa shape index (κ2) is 8.59. The van der Waals surface area contributed by atoms with Gasteiger partial charge in [-0.25, -0.2) is 9.07 Å². The van der Waals surface area contributed by atoms with Crippen LogP contribution < -0.4 is 11.1 Å². The maximum Gasteiger partial charge on any atom is 0.269 e. The van der Waals surface area contributed by atoms with Crippen molar-refractivity contribution in [3.05, 3.63) is 98.9 Å². The first-order chi connectivity index (χ1) is 16.3. The molecule has 170 valence electrons. The molecule has 0 unspecified atom stereocenters. The van der Waals surface area contributed by atoms with E-state index in [1.165, 1.54) is 16.8 Å². The van der Waals surface area contributed by atoms with Crippen molar-refractivity contribution in [2.45, 2.75) is 12.8 Å². The standard InChI is InChI=1S/C25H17Cl2FN4O2/c26-20-6-2-5-17(21(20)27)25(34)30-15-9-7-13-8-10-18-22(24(29)33)31-32(23(18)19(13)12-15)16-4-1-3-14(28)11-16/h1-7,9,11-12H,8,10H2,(H2,29,33)(H,30,34). The number of halogens is 3. The Morgan fingerprint density at radius 3 is 2.59 bits per heavy atom. The van der Waals surface area contributed by atoms with E-state index in [2.05, 4.69) is 10.4 Å². The Morgan fingerprint density at radius 1 is 1.03 bits per heavy atom. The minimum absolute atomic E-state index is 0.144. The molecule has 0 radical (unpaired) electrons. The molecule has 0 spiro atoms. The predicted octanol–water partition coefficient (Wildman–Crippen LogP) is 5.44. The van der Waals surface area contributed by atoms with Crippen LogP contribution >= 0.6 is 23.2 Å². The van der Waals surface area contributed by atoms with E-state index in [1.54, 1.807) is 42.5 Å². The summed E-state index contributed by atoms with van der Waals surface area (Å²) in [4.78, 5) is 25.0. The molecular formula is C25H17Cl2FN4O2. The van der Waals surface area contributed by atoms with Gasteiger partial charge in [-0.1, -0.05) is 41.4 Å². The molecule has 0 fully saturated rings. The summed E-state index contributed by atoms with van der Waals surface area (Å²) < 4.78 is 15.5. The third kappa shape index (κ3) is 3.83. The average Bonchev–Trinajstić information content (AvgIpc) is 3.21. The Balaban J connectivity index is 1.61. The van der Waals surface area contributed by atoms with Crippen molar-refractivity contribution in [1.82, 2.24) is 9.78 Å². The van der Waals surface area contributed by atoms with Gasteiger partial charge in [-0.05, 0) is 60.9 Å². The molecule has 2 amide bonds. The fourth-order valence-corrected chi connectivity index (χ4v) is 4.57. The summed E-state index contributed by atoms with van der Waals surface area (Å²) in [6.45, 7) is 0. The Labute approximate surface area is 204 Å². The van der Waals surface area contributed by atoms with Crippen LogP contribution in [0.1, 0.15) is 32.0 Å². The fourth-order valence-electron chi connectivity index (χ4n) is 4.19. The first-order valence-corrected chi connectivity index (χ1v) is 11.2. The number of hydrogen-bond donors (Lipinski definition) is 2. The van der Waals surface area contributed by atoms with E-state index in [4.69, 9.17) is 28.9 Å². The van der Waals surface area contributed by atoms with E-state index in [1.807, 2.05) is 6.07 Å². The molecule has 3 N–H and O–H groups in total. The van der Waals surface area contributed by atoms with Crippen LogP contribution in [-0.4, -0.2) is 21.6 Å². The van der Waals surface area contributed by atoms with Gasteiger partial charge in [0.15, 0.2) is 5.69 Å². The van der Waals surface area contributed by atoms with E-state index in [0.29, 0.717) is 35.5 Å². The molecule has 0 saturated carbocycles. The summed E-state index contributed by atoms with van der Waals surface area (Å²) >= 11 is 12.2. The summed E-state index contributed by atoms with van der Waals surface area (Å²) in [6, 6.07) is 16.2. The maximum atomic E-state index is 14.0. The number of carbonyl (C=O) groups is 2. The molecule has 0 bridgehead atoms. The van der Waals surface area contributed by atoms with E-state index < -0.39 is 17.6 Å². The number of hydrogen-bond acceptors (Lipinski definition) is 3. The Bertz CT molecular complexity index is 1480. The highest BCUT2D eigenvalue weighted by Crippen LogP contribution is 2.38. The SMILES string of the molecule is NC(=O)c1nn(-c2cccc(F)c2)c2c1CCc1ccc(NC(=O)c3cccc(Cl)c3Cl)cc1-2. The van der Waals surface area contributed by atoms with Gasteiger partial charge in [-0.3, -0.25) is 9.59 Å². The molecule has 34 heavy (non-hydrogen) atoms. The predicted molar refractivity (Wildman–Crippen MR) is 129 cm³/mol. The number of aryl methyl sites for hydroxylation is 1. The van der Waals surface area contributed by atoms with Gasteiger partial charge < -0.3 is 11.1 Å². The van der Waals surface area contributed by atoms with Crippen molar-refractivity contribution >= 4 is 40.7 Å². The van der Waals surface area contributed by atoms with Gasteiger partial charge >= 0.3 is 0 Å². The summed E-state index contributed by atoms with van der Waals surface area (Å²) in [5.41, 5.74) is 10.0.